The highest BCUT2D eigenvalue weighted by molar-refractivity contribution is 9.10. The molecule has 0 bridgehead atoms. The van der Waals surface area contributed by atoms with Crippen LogP contribution in [0.2, 0.25) is 0 Å². The molecule has 0 fully saturated rings. The summed E-state index contributed by atoms with van der Waals surface area (Å²) in [5.41, 5.74) is 0.0667. The minimum Gasteiger partial charge on any atom is -0.495 e. The Labute approximate surface area is 122 Å². The molecular weight excluding hydrogens is 330 g/mol. The van der Waals surface area contributed by atoms with Gasteiger partial charge in [-0.3, -0.25) is 0 Å². The van der Waals surface area contributed by atoms with Crippen molar-refractivity contribution in [1.29, 1.82) is 5.26 Å². The highest BCUT2D eigenvalue weighted by atomic mass is 79.9. The third-order valence-electron chi connectivity index (χ3n) is 2.63. The van der Waals surface area contributed by atoms with E-state index in [0.717, 1.165) is 4.47 Å². The van der Waals surface area contributed by atoms with E-state index in [1.54, 1.807) is 24.3 Å². The number of methoxy groups -OCH3 is 1. The number of halogens is 3. The number of nitrogens with zero attached hydrogens (tertiary/aromatic N) is 1. The lowest BCUT2D eigenvalue weighted by atomic mass is 10.2. The molecule has 6 heteroatoms. The van der Waals surface area contributed by atoms with Crippen LogP contribution in [-0.4, -0.2) is 7.11 Å². The van der Waals surface area contributed by atoms with Crippen molar-refractivity contribution in [2.45, 2.75) is 0 Å². The Kier molecular flexibility index (Phi) is 4.20. The van der Waals surface area contributed by atoms with Crippen molar-refractivity contribution in [2.24, 2.45) is 0 Å². The van der Waals surface area contributed by atoms with E-state index >= 15 is 0 Å². The molecule has 0 radical (unpaired) electrons. The number of anilines is 2. The van der Waals surface area contributed by atoms with Crippen LogP contribution in [0.25, 0.3) is 0 Å². The Morgan fingerprint density at radius 1 is 1.15 bits per heavy atom. The monoisotopic (exact) mass is 338 g/mol. The Balaban J connectivity index is 2.43. The summed E-state index contributed by atoms with van der Waals surface area (Å²) in [7, 11) is 1.48. The molecule has 2 rings (SSSR count). The number of benzene rings is 2. The van der Waals surface area contributed by atoms with E-state index in [2.05, 4.69) is 21.2 Å². The van der Waals surface area contributed by atoms with Crippen molar-refractivity contribution >= 4 is 27.3 Å². The minimum atomic E-state index is -1.17. The van der Waals surface area contributed by atoms with Gasteiger partial charge in [0.1, 0.15) is 11.8 Å². The van der Waals surface area contributed by atoms with Gasteiger partial charge in [-0.25, -0.2) is 8.78 Å². The number of nitriles is 1. The molecular formula is C14H9BrF2N2O. The van der Waals surface area contributed by atoms with Gasteiger partial charge in [0.05, 0.1) is 24.0 Å². The Hall–Kier alpha value is -2.13. The van der Waals surface area contributed by atoms with Gasteiger partial charge in [-0.05, 0) is 30.3 Å². The first-order valence-electron chi connectivity index (χ1n) is 5.55. The molecule has 1 N–H and O–H groups in total. The third-order valence-corrected chi connectivity index (χ3v) is 3.13. The second-order valence-electron chi connectivity index (χ2n) is 3.87. The third kappa shape index (κ3) is 2.73. The molecule has 0 aliphatic rings. The number of rotatable bonds is 3. The standard InChI is InChI=1S/C14H9BrF2N2O/c1-20-12-5-3-9(15)6-11(12)19-10-4-2-8(7-18)13(16)14(10)17/h2-6,19H,1H3. The zero-order valence-corrected chi connectivity index (χ0v) is 12.0. The lowest BCUT2D eigenvalue weighted by Crippen LogP contribution is -2.00. The van der Waals surface area contributed by atoms with Crippen molar-refractivity contribution < 1.29 is 13.5 Å². The summed E-state index contributed by atoms with van der Waals surface area (Å²) < 4.78 is 33.3. The topological polar surface area (TPSA) is 45.0 Å². The van der Waals surface area contributed by atoms with Crippen LogP contribution in [-0.2, 0) is 0 Å². The largest absolute Gasteiger partial charge is 0.495 e. The Bertz CT molecular complexity index is 698. The quantitative estimate of drug-likeness (QED) is 0.904. The van der Waals surface area contributed by atoms with Crippen LogP contribution in [0.5, 0.6) is 5.75 Å². The van der Waals surface area contributed by atoms with E-state index in [0.29, 0.717) is 11.4 Å². The van der Waals surface area contributed by atoms with Crippen molar-refractivity contribution in [3.8, 4) is 11.8 Å². The van der Waals surface area contributed by atoms with E-state index in [-0.39, 0.29) is 11.3 Å². The van der Waals surface area contributed by atoms with Crippen LogP contribution in [0.4, 0.5) is 20.2 Å². The molecule has 0 saturated heterocycles. The van der Waals surface area contributed by atoms with E-state index in [9.17, 15) is 8.78 Å². The first-order chi connectivity index (χ1) is 9.56. The van der Waals surface area contributed by atoms with Crippen molar-refractivity contribution in [3.63, 3.8) is 0 Å². The lowest BCUT2D eigenvalue weighted by Gasteiger charge is -2.12. The lowest BCUT2D eigenvalue weighted by molar-refractivity contribution is 0.416. The van der Waals surface area contributed by atoms with Crippen LogP contribution in [0.3, 0.4) is 0 Å². The first kappa shape index (κ1) is 14.3. The first-order valence-corrected chi connectivity index (χ1v) is 6.34. The fraction of sp³-hybridized carbons (Fsp3) is 0.0714. The summed E-state index contributed by atoms with van der Waals surface area (Å²) in [6, 6.07) is 9.22. The van der Waals surface area contributed by atoms with Gasteiger partial charge >= 0.3 is 0 Å². The maximum atomic E-state index is 13.8. The van der Waals surface area contributed by atoms with Crippen molar-refractivity contribution in [2.75, 3.05) is 12.4 Å². The molecule has 2 aromatic carbocycles. The Morgan fingerprint density at radius 3 is 2.55 bits per heavy atom. The molecule has 20 heavy (non-hydrogen) atoms. The molecule has 2 aromatic rings. The predicted molar refractivity (Wildman–Crippen MR) is 75.0 cm³/mol. The molecule has 0 saturated carbocycles. The number of nitrogens with one attached hydrogen (secondary N) is 1. The second kappa shape index (κ2) is 5.88. The fourth-order valence-corrected chi connectivity index (χ4v) is 2.02. The van der Waals surface area contributed by atoms with Crippen LogP contribution < -0.4 is 10.1 Å². The molecule has 0 spiro atoms. The maximum absolute atomic E-state index is 13.8. The van der Waals surface area contributed by atoms with Gasteiger partial charge in [-0.1, -0.05) is 15.9 Å². The normalized spacial score (nSPS) is 9.95. The van der Waals surface area contributed by atoms with Gasteiger partial charge in [0, 0.05) is 4.47 Å². The molecule has 102 valence electrons. The molecule has 0 amide bonds. The molecule has 0 atom stereocenters. The van der Waals surface area contributed by atoms with Crippen LogP contribution in [0, 0.1) is 23.0 Å². The van der Waals surface area contributed by atoms with E-state index in [1.807, 2.05) is 0 Å². The maximum Gasteiger partial charge on any atom is 0.183 e. The van der Waals surface area contributed by atoms with E-state index in [1.165, 1.54) is 19.2 Å². The average molecular weight is 339 g/mol. The van der Waals surface area contributed by atoms with Crippen LogP contribution in [0.1, 0.15) is 5.56 Å². The van der Waals surface area contributed by atoms with Crippen LogP contribution >= 0.6 is 15.9 Å². The zero-order valence-electron chi connectivity index (χ0n) is 10.4. The van der Waals surface area contributed by atoms with Gasteiger partial charge in [0.2, 0.25) is 0 Å². The molecule has 0 unspecified atom stereocenters. The number of ether oxygens (including phenoxy) is 1. The smallest absolute Gasteiger partial charge is 0.183 e. The summed E-state index contributed by atoms with van der Waals surface area (Å²) in [5.74, 6) is -1.80. The number of hydrogen-bond donors (Lipinski definition) is 1. The summed E-state index contributed by atoms with van der Waals surface area (Å²) in [4.78, 5) is 0. The van der Waals surface area contributed by atoms with Crippen molar-refractivity contribution in [3.05, 3.63) is 52.0 Å². The summed E-state index contributed by atoms with van der Waals surface area (Å²) >= 11 is 3.29. The fourth-order valence-electron chi connectivity index (χ4n) is 1.66. The molecule has 0 heterocycles. The SMILES string of the molecule is COc1ccc(Br)cc1Nc1ccc(C#N)c(F)c1F. The highest BCUT2D eigenvalue weighted by Crippen LogP contribution is 2.32. The van der Waals surface area contributed by atoms with Gasteiger partial charge in [0.15, 0.2) is 11.6 Å². The van der Waals surface area contributed by atoms with Gasteiger partial charge in [-0.2, -0.15) is 5.26 Å². The summed E-state index contributed by atoms with van der Waals surface area (Å²) in [6.07, 6.45) is 0. The average Bonchev–Trinajstić information content (AvgIpc) is 2.44. The second-order valence-corrected chi connectivity index (χ2v) is 4.79. The van der Waals surface area contributed by atoms with E-state index in [4.69, 9.17) is 10.00 Å². The molecule has 0 aliphatic carbocycles. The predicted octanol–water partition coefficient (Wildman–Crippen LogP) is 4.35. The van der Waals surface area contributed by atoms with Gasteiger partial charge in [0.25, 0.3) is 0 Å². The zero-order chi connectivity index (χ0) is 14.7. The molecule has 0 aromatic heterocycles. The summed E-state index contributed by atoms with van der Waals surface area (Å²) in [6.45, 7) is 0. The van der Waals surface area contributed by atoms with Crippen LogP contribution in [0.15, 0.2) is 34.8 Å². The highest BCUT2D eigenvalue weighted by Gasteiger charge is 2.14. The van der Waals surface area contributed by atoms with E-state index < -0.39 is 11.6 Å². The van der Waals surface area contributed by atoms with Crippen molar-refractivity contribution in [1.82, 2.24) is 0 Å². The Morgan fingerprint density at radius 2 is 1.90 bits per heavy atom. The number of hydrogen-bond acceptors (Lipinski definition) is 3. The van der Waals surface area contributed by atoms with Gasteiger partial charge < -0.3 is 10.1 Å². The minimum absolute atomic E-state index is 0.0714. The summed E-state index contributed by atoms with van der Waals surface area (Å²) in [5, 5.41) is 11.4. The molecule has 3 nitrogen and oxygen atoms in total. The molecule has 0 aliphatic heterocycles. The van der Waals surface area contributed by atoms with Gasteiger partial charge in [-0.15, -0.1) is 0 Å².